The Bertz CT molecular complexity index is 1350. The van der Waals surface area contributed by atoms with Crippen LogP contribution in [0.5, 0.6) is 11.5 Å². The minimum atomic E-state index is -5.08. The number of nitrogens with zero attached hydrogens (tertiary/aromatic N) is 3. The van der Waals surface area contributed by atoms with Crippen LogP contribution in [0.25, 0.3) is 11.0 Å². The van der Waals surface area contributed by atoms with Crippen molar-refractivity contribution in [3.05, 3.63) is 47.5 Å². The Morgan fingerprint density at radius 3 is 2.54 bits per heavy atom. The van der Waals surface area contributed by atoms with Gasteiger partial charge in [0.1, 0.15) is 12.4 Å². The third-order valence-electron chi connectivity index (χ3n) is 6.79. The number of hydrogen-bond acceptors (Lipinski definition) is 7. The highest BCUT2D eigenvalue weighted by Crippen LogP contribution is 2.24. The van der Waals surface area contributed by atoms with E-state index >= 15 is 0 Å². The fourth-order valence-corrected chi connectivity index (χ4v) is 4.70. The van der Waals surface area contributed by atoms with Crippen LogP contribution in [0.1, 0.15) is 43.4 Å². The van der Waals surface area contributed by atoms with Crippen LogP contribution in [-0.2, 0) is 40.4 Å². The Labute approximate surface area is 235 Å². The first kappa shape index (κ1) is 31.8. The van der Waals surface area contributed by atoms with Gasteiger partial charge < -0.3 is 25.4 Å². The molecule has 1 aromatic carbocycles. The number of halogens is 3. The molecular weight excluding hydrogens is 545 g/mol. The average Bonchev–Trinajstić information content (AvgIpc) is 3.24. The van der Waals surface area contributed by atoms with E-state index < -0.39 is 12.1 Å². The summed E-state index contributed by atoms with van der Waals surface area (Å²) in [6.45, 7) is 7.71. The second-order valence-corrected chi connectivity index (χ2v) is 9.71. The molecule has 3 N–H and O–H groups in total. The maximum absolute atomic E-state index is 12.4. The van der Waals surface area contributed by atoms with Gasteiger partial charge in [0.2, 0.25) is 0 Å². The fourth-order valence-electron chi connectivity index (χ4n) is 4.70. The number of carboxylic acid groups (broad SMARTS) is 1. The summed E-state index contributed by atoms with van der Waals surface area (Å²) in [7, 11) is 0. The number of alkyl halides is 3. The van der Waals surface area contributed by atoms with Crippen LogP contribution in [-0.4, -0.2) is 52.4 Å². The van der Waals surface area contributed by atoms with Crippen LogP contribution >= 0.6 is 0 Å². The zero-order valence-electron chi connectivity index (χ0n) is 23.1. The zero-order chi connectivity index (χ0) is 30.2. The highest BCUT2D eigenvalue weighted by molar-refractivity contribution is 5.80. The Kier molecular flexibility index (Phi) is 11.1. The van der Waals surface area contributed by atoms with Crippen molar-refractivity contribution in [2.24, 2.45) is 11.7 Å². The number of Topliss-reactive ketones (excluding diaryl/α,β-unsaturated/α-hetero) is 1. The first-order chi connectivity index (χ1) is 19.4. The molecule has 0 saturated carbocycles. The van der Waals surface area contributed by atoms with Gasteiger partial charge in [0.25, 0.3) is 5.82 Å². The summed E-state index contributed by atoms with van der Waals surface area (Å²) in [5.41, 5.74) is 9.55. The SMILES string of the molecule is CCn1c(CN)[n+](CC2CCOCC2)c2ccc(OCC(=O)CCc3nc(C)ccc3[O-])cc21.O=C(O)C(F)(F)F. The zero-order valence-corrected chi connectivity index (χ0v) is 23.1. The Hall–Kier alpha value is -3.71. The number of fused-ring (bicyclic) bond motifs is 1. The van der Waals surface area contributed by atoms with E-state index in [1.807, 2.05) is 19.1 Å². The second kappa shape index (κ2) is 14.3. The van der Waals surface area contributed by atoms with Crippen LogP contribution < -0.4 is 20.1 Å². The van der Waals surface area contributed by atoms with Gasteiger partial charge in [-0.3, -0.25) is 9.78 Å². The summed E-state index contributed by atoms with van der Waals surface area (Å²) in [6, 6.07) is 9.14. The molecule has 13 heteroatoms. The Morgan fingerprint density at radius 2 is 1.93 bits per heavy atom. The Balaban J connectivity index is 0.000000587. The van der Waals surface area contributed by atoms with Crippen LogP contribution in [0, 0.1) is 12.8 Å². The summed E-state index contributed by atoms with van der Waals surface area (Å²) in [5, 5.41) is 19.0. The highest BCUT2D eigenvalue weighted by Gasteiger charge is 2.38. The maximum atomic E-state index is 12.4. The molecule has 1 aliphatic rings. The molecule has 1 aliphatic heterocycles. The van der Waals surface area contributed by atoms with E-state index in [0.717, 1.165) is 61.7 Å². The van der Waals surface area contributed by atoms with E-state index in [1.165, 1.54) is 6.07 Å². The molecule has 224 valence electrons. The van der Waals surface area contributed by atoms with E-state index in [1.54, 1.807) is 6.07 Å². The van der Waals surface area contributed by atoms with Crippen molar-refractivity contribution in [3.63, 3.8) is 0 Å². The topological polar surface area (TPSA) is 144 Å². The van der Waals surface area contributed by atoms with Gasteiger partial charge in [-0.25, -0.2) is 13.9 Å². The van der Waals surface area contributed by atoms with E-state index in [0.29, 0.717) is 30.3 Å². The quantitative estimate of drug-likeness (QED) is 0.349. The molecule has 3 aromatic rings. The number of ether oxygens (including phenoxy) is 2. The summed E-state index contributed by atoms with van der Waals surface area (Å²) in [4.78, 5) is 25.6. The van der Waals surface area contributed by atoms with Gasteiger partial charge >= 0.3 is 12.1 Å². The fraction of sp³-hybridized carbons (Fsp3) is 0.500. The number of hydrogen-bond donors (Lipinski definition) is 2. The number of nitrogens with two attached hydrogens (primary N) is 1. The van der Waals surface area contributed by atoms with E-state index in [9.17, 15) is 23.1 Å². The molecule has 1 fully saturated rings. The van der Waals surface area contributed by atoms with Gasteiger partial charge in [0.15, 0.2) is 16.8 Å². The van der Waals surface area contributed by atoms with Crippen LogP contribution in [0.15, 0.2) is 30.3 Å². The number of rotatable bonds is 10. The summed E-state index contributed by atoms with van der Waals surface area (Å²) >= 11 is 0. The van der Waals surface area contributed by atoms with Crippen molar-refractivity contribution in [1.29, 1.82) is 0 Å². The lowest BCUT2D eigenvalue weighted by Gasteiger charge is -2.20. The Morgan fingerprint density at radius 1 is 1.24 bits per heavy atom. The lowest BCUT2D eigenvalue weighted by atomic mass is 10.0. The minimum Gasteiger partial charge on any atom is -0.871 e. The maximum Gasteiger partial charge on any atom is 0.490 e. The van der Waals surface area contributed by atoms with Gasteiger partial charge in [-0.05, 0) is 51.3 Å². The van der Waals surface area contributed by atoms with E-state index in [2.05, 4.69) is 27.1 Å². The second-order valence-electron chi connectivity index (χ2n) is 9.71. The third kappa shape index (κ3) is 8.64. The number of carbonyl (C=O) groups excluding carboxylic acids is 1. The smallest absolute Gasteiger partial charge is 0.490 e. The molecular formula is C28H35F3N4O6. The predicted octanol–water partition coefficient (Wildman–Crippen LogP) is 2.83. The van der Waals surface area contributed by atoms with Gasteiger partial charge in [-0.15, -0.1) is 0 Å². The van der Waals surface area contributed by atoms with Crippen molar-refractivity contribution in [2.45, 2.75) is 65.3 Å². The number of ketones is 1. The van der Waals surface area contributed by atoms with Gasteiger partial charge in [0.05, 0.1) is 19.6 Å². The largest absolute Gasteiger partial charge is 0.871 e. The van der Waals surface area contributed by atoms with Crippen LogP contribution in [0.4, 0.5) is 13.2 Å². The van der Waals surface area contributed by atoms with Crippen molar-refractivity contribution in [2.75, 3.05) is 19.8 Å². The monoisotopic (exact) mass is 580 g/mol. The van der Waals surface area contributed by atoms with Gasteiger partial charge in [-0.2, -0.15) is 13.2 Å². The number of carbonyl (C=O) groups is 2. The molecule has 0 unspecified atom stereocenters. The molecule has 4 rings (SSSR count). The molecule has 10 nitrogen and oxygen atoms in total. The number of benzene rings is 1. The average molecular weight is 581 g/mol. The highest BCUT2D eigenvalue weighted by atomic mass is 19.4. The van der Waals surface area contributed by atoms with Crippen molar-refractivity contribution >= 4 is 22.8 Å². The molecule has 2 aromatic heterocycles. The molecule has 1 saturated heterocycles. The summed E-state index contributed by atoms with van der Waals surface area (Å²) in [5.74, 6) is -0.636. The number of aryl methyl sites for hydroxylation is 3. The number of imidazole rings is 1. The number of pyridine rings is 1. The predicted molar refractivity (Wildman–Crippen MR) is 140 cm³/mol. The van der Waals surface area contributed by atoms with Gasteiger partial charge in [-0.1, -0.05) is 11.8 Å². The number of aliphatic carboxylic acids is 1. The van der Waals surface area contributed by atoms with Crippen molar-refractivity contribution in [1.82, 2.24) is 9.55 Å². The molecule has 3 heterocycles. The molecule has 0 amide bonds. The normalized spacial score (nSPS) is 14.0. The van der Waals surface area contributed by atoms with Crippen molar-refractivity contribution < 1.29 is 47.0 Å². The van der Waals surface area contributed by atoms with Crippen LogP contribution in [0.2, 0.25) is 0 Å². The molecule has 0 spiro atoms. The molecule has 0 atom stereocenters. The van der Waals surface area contributed by atoms with Crippen LogP contribution in [0.3, 0.4) is 0 Å². The molecule has 0 aliphatic carbocycles. The van der Waals surface area contributed by atoms with Crippen molar-refractivity contribution in [3.8, 4) is 11.5 Å². The lowest BCUT2D eigenvalue weighted by molar-refractivity contribution is -0.687. The molecule has 0 bridgehead atoms. The van der Waals surface area contributed by atoms with Gasteiger partial charge in [0, 0.05) is 43.0 Å². The minimum absolute atomic E-state index is 0.0375. The summed E-state index contributed by atoms with van der Waals surface area (Å²) in [6.07, 6.45) is -2.41. The molecule has 0 radical (unpaired) electrons. The summed E-state index contributed by atoms with van der Waals surface area (Å²) < 4.78 is 47.6. The van der Waals surface area contributed by atoms with E-state index in [-0.39, 0.29) is 24.6 Å². The lowest BCUT2D eigenvalue weighted by Crippen LogP contribution is -2.43. The third-order valence-corrected chi connectivity index (χ3v) is 6.79. The number of aromatic nitrogens is 3. The van der Waals surface area contributed by atoms with E-state index in [4.69, 9.17) is 25.1 Å². The first-order valence-electron chi connectivity index (χ1n) is 13.4. The standard InChI is InChI=1S/C26H34N4O4.C2HF3O2/c1-3-29-24-14-21(34-17-20(31)5-7-22-25(32)9-4-18(2)28-22)6-8-23(24)30(26(29)15-27)16-19-10-12-33-13-11-19;3-2(4,5)1(6)7/h4,6,8-9,14,19H,3,5,7,10-13,15-17,27H2,1-2H3;(H,6,7). The number of carboxylic acids is 1. The first-order valence-corrected chi connectivity index (χ1v) is 13.4. The molecule has 41 heavy (non-hydrogen) atoms.